The van der Waals surface area contributed by atoms with Gasteiger partial charge in [-0.05, 0) is 108 Å². The Bertz CT molecular complexity index is 1340. The maximum Gasteiger partial charge on any atom is 0.151 e. The Morgan fingerprint density at radius 3 is 1.02 bits per heavy atom. The highest BCUT2D eigenvalue weighted by molar-refractivity contribution is 7.12. The van der Waals surface area contributed by atoms with Crippen LogP contribution < -0.4 is 15.6 Å². The van der Waals surface area contributed by atoms with Gasteiger partial charge in [-0.2, -0.15) is 0 Å². The summed E-state index contributed by atoms with van der Waals surface area (Å²) in [5, 5.41) is 4.92. The maximum atomic E-state index is 2.69. The molecule has 0 aliphatic heterocycles. The number of hydrogen-bond donors (Lipinski definition) is 0. The van der Waals surface area contributed by atoms with Crippen molar-refractivity contribution in [3.63, 3.8) is 0 Å². The lowest BCUT2D eigenvalue weighted by molar-refractivity contribution is 0.547. The van der Waals surface area contributed by atoms with Crippen molar-refractivity contribution in [2.45, 2.75) is 137 Å². The van der Waals surface area contributed by atoms with Crippen LogP contribution in [0.2, 0.25) is 5.54 Å². The molecule has 0 amide bonds. The highest BCUT2D eigenvalue weighted by Gasteiger charge is 2.53. The molecule has 0 saturated heterocycles. The molecule has 0 radical (unpaired) electrons. The van der Waals surface area contributed by atoms with E-state index in [0.29, 0.717) is 52.9 Å². The average Bonchev–Trinajstić information content (AvgIpc) is 3.45. The Balaban J connectivity index is 2.03. The topological polar surface area (TPSA) is 0 Å². The molecule has 3 aromatic rings. The average molecular weight is 631 g/mol. The molecule has 46 heavy (non-hydrogen) atoms. The summed E-state index contributed by atoms with van der Waals surface area (Å²) in [4.78, 5) is 0. The molecule has 3 atom stereocenters. The first-order valence-electron chi connectivity index (χ1n) is 18.5. The molecule has 3 aromatic carbocycles. The van der Waals surface area contributed by atoms with Gasteiger partial charge in [0.1, 0.15) is 0 Å². The minimum absolute atomic E-state index is 0.486. The highest BCUT2D eigenvalue weighted by Crippen LogP contribution is 2.50. The van der Waals surface area contributed by atoms with Crippen LogP contribution >= 0.6 is 0 Å². The van der Waals surface area contributed by atoms with Crippen molar-refractivity contribution in [1.82, 2.24) is 0 Å². The second kappa shape index (κ2) is 13.8. The molecular weight excluding hydrogens is 569 g/mol. The Hall–Kier alpha value is -2.64. The minimum Gasteiger partial charge on any atom is -0.0808 e. The third-order valence-electron chi connectivity index (χ3n) is 11.4. The molecule has 0 heterocycles. The van der Waals surface area contributed by atoms with Crippen LogP contribution in [0.5, 0.6) is 0 Å². The zero-order valence-corrected chi connectivity index (χ0v) is 32.1. The van der Waals surface area contributed by atoms with E-state index in [2.05, 4.69) is 162 Å². The van der Waals surface area contributed by atoms with E-state index in [1.54, 1.807) is 15.6 Å². The summed E-state index contributed by atoms with van der Waals surface area (Å²) < 4.78 is 0. The van der Waals surface area contributed by atoms with Gasteiger partial charge in [-0.25, -0.2) is 0 Å². The number of rotatable bonds is 10. The van der Waals surface area contributed by atoms with Gasteiger partial charge < -0.3 is 0 Å². The van der Waals surface area contributed by atoms with Crippen LogP contribution in [-0.4, -0.2) is 8.07 Å². The molecule has 0 N–H and O–H groups in total. The summed E-state index contributed by atoms with van der Waals surface area (Å²) in [7, 11) is -2.65. The van der Waals surface area contributed by atoms with Crippen LogP contribution in [0.25, 0.3) is 0 Å². The molecule has 246 valence electrons. The monoisotopic (exact) mass is 630 g/mol. The molecule has 1 saturated carbocycles. The van der Waals surface area contributed by atoms with Gasteiger partial charge in [-0.15, -0.1) is 0 Å². The van der Waals surface area contributed by atoms with E-state index in [1.807, 2.05) is 0 Å². The number of benzene rings is 3. The summed E-state index contributed by atoms with van der Waals surface area (Å²) in [5.74, 6) is 4.12. The molecular formula is C45H62Si. The summed E-state index contributed by atoms with van der Waals surface area (Å²) >= 11 is 0. The van der Waals surface area contributed by atoms with Gasteiger partial charge in [0, 0.05) is 0 Å². The van der Waals surface area contributed by atoms with Crippen molar-refractivity contribution < 1.29 is 0 Å². The summed E-state index contributed by atoms with van der Waals surface area (Å²) in [6.45, 7) is 28.7. The van der Waals surface area contributed by atoms with Gasteiger partial charge in [-0.3, -0.25) is 0 Å². The lowest BCUT2D eigenvalue weighted by atomic mass is 9.92. The van der Waals surface area contributed by atoms with E-state index in [-0.39, 0.29) is 0 Å². The normalized spacial score (nSPS) is 19.9. The fraction of sp³-hybridized carbons (Fsp3) is 0.511. The fourth-order valence-electron chi connectivity index (χ4n) is 8.32. The number of allylic oxidation sites excluding steroid dienone is 4. The standard InChI is InChI=1S/C45H62Si/c1-28(2)35-19-36(29(3)4)23-41(22-35)46(45-18-17-34-15-13-14-16-44(34)45,42-24-37(30(5)6)20-38(25-42)31(7)8)43-26-39(32(9)10)21-40(27-43)33(11)12/h13-16,19-34,44-45H,17-18H2,1-12H3. The summed E-state index contributed by atoms with van der Waals surface area (Å²) in [5.41, 5.74) is 9.59. The highest BCUT2D eigenvalue weighted by atomic mass is 28.3. The third kappa shape index (κ3) is 6.56. The molecule has 3 unspecified atom stereocenters. The summed E-state index contributed by atoms with van der Waals surface area (Å²) in [6, 6.07) is 23.7. The first-order chi connectivity index (χ1) is 21.7. The molecule has 2 aliphatic carbocycles. The van der Waals surface area contributed by atoms with E-state index in [9.17, 15) is 0 Å². The van der Waals surface area contributed by atoms with Gasteiger partial charge in [0.25, 0.3) is 0 Å². The minimum atomic E-state index is -2.65. The van der Waals surface area contributed by atoms with Crippen molar-refractivity contribution in [3.05, 3.63) is 112 Å². The first-order valence-corrected chi connectivity index (χ1v) is 20.6. The van der Waals surface area contributed by atoms with Crippen LogP contribution in [0.15, 0.2) is 78.9 Å². The van der Waals surface area contributed by atoms with Crippen LogP contribution in [0, 0.1) is 11.8 Å². The molecule has 0 bridgehead atoms. The Morgan fingerprint density at radius 2 is 0.717 bits per heavy atom. The van der Waals surface area contributed by atoms with Gasteiger partial charge in [0.05, 0.1) is 0 Å². The molecule has 0 spiro atoms. The van der Waals surface area contributed by atoms with Gasteiger partial charge >= 0.3 is 0 Å². The Labute approximate surface area is 283 Å². The predicted octanol–water partition coefficient (Wildman–Crippen LogP) is 11.4. The van der Waals surface area contributed by atoms with Gasteiger partial charge in [0.15, 0.2) is 8.07 Å². The van der Waals surface area contributed by atoms with Crippen LogP contribution in [0.3, 0.4) is 0 Å². The maximum absolute atomic E-state index is 2.69. The van der Waals surface area contributed by atoms with E-state index in [4.69, 9.17) is 0 Å². The van der Waals surface area contributed by atoms with Crippen molar-refractivity contribution >= 4 is 23.6 Å². The van der Waals surface area contributed by atoms with Gasteiger partial charge in [-0.1, -0.05) is 168 Å². The molecule has 5 rings (SSSR count). The number of fused-ring (bicyclic) bond motifs is 1. The second-order valence-electron chi connectivity index (χ2n) is 16.6. The van der Waals surface area contributed by atoms with Gasteiger partial charge in [0.2, 0.25) is 0 Å². The van der Waals surface area contributed by atoms with E-state index in [0.717, 1.165) is 0 Å². The lowest BCUT2D eigenvalue weighted by Crippen LogP contribution is -2.71. The molecule has 0 nitrogen and oxygen atoms in total. The SMILES string of the molecule is CC(C)c1cc(C(C)C)cc([Si](c2cc(C(C)C)cc(C(C)C)c2)(c2cc(C(C)C)cc(C(C)C)c2)C2CCC3C=CC=CC32)c1. The van der Waals surface area contributed by atoms with E-state index < -0.39 is 8.07 Å². The van der Waals surface area contributed by atoms with Crippen molar-refractivity contribution in [3.8, 4) is 0 Å². The van der Waals surface area contributed by atoms with E-state index >= 15 is 0 Å². The van der Waals surface area contributed by atoms with Crippen molar-refractivity contribution in [2.75, 3.05) is 0 Å². The van der Waals surface area contributed by atoms with Crippen molar-refractivity contribution in [1.29, 1.82) is 0 Å². The largest absolute Gasteiger partial charge is 0.151 e. The van der Waals surface area contributed by atoms with Crippen LogP contribution in [0.4, 0.5) is 0 Å². The quantitative estimate of drug-likeness (QED) is 0.154. The molecule has 1 fully saturated rings. The van der Waals surface area contributed by atoms with Crippen molar-refractivity contribution in [2.24, 2.45) is 11.8 Å². The second-order valence-corrected chi connectivity index (χ2v) is 20.7. The smallest absolute Gasteiger partial charge is 0.0808 e. The Morgan fingerprint density at radius 1 is 0.413 bits per heavy atom. The van der Waals surface area contributed by atoms with E-state index in [1.165, 1.54) is 46.2 Å². The zero-order chi connectivity index (χ0) is 33.5. The third-order valence-corrected chi connectivity index (χ3v) is 16.8. The predicted molar refractivity (Wildman–Crippen MR) is 207 cm³/mol. The first kappa shape index (κ1) is 34.7. The molecule has 2 aliphatic rings. The molecule has 0 aromatic heterocycles. The molecule has 1 heteroatoms. The fourth-order valence-corrected chi connectivity index (χ4v) is 14.5. The van der Waals surface area contributed by atoms with Crippen LogP contribution in [-0.2, 0) is 0 Å². The summed E-state index contributed by atoms with van der Waals surface area (Å²) in [6.07, 6.45) is 12.4. The number of hydrogen-bond acceptors (Lipinski definition) is 0. The van der Waals surface area contributed by atoms with Crippen LogP contribution in [0.1, 0.15) is 165 Å². The lowest BCUT2D eigenvalue weighted by Gasteiger charge is -2.44. The zero-order valence-electron chi connectivity index (χ0n) is 31.1. The Kier molecular flexibility index (Phi) is 10.4.